The van der Waals surface area contributed by atoms with E-state index >= 15 is 0 Å². The largest absolute Gasteiger partial charge is 0.772 e. The number of nitrogens with zero attached hydrogens (tertiary/aromatic N) is 3. The fraction of sp³-hybridized carbons (Fsp3) is 0.259. The maximum Gasteiger partial charge on any atom is 0.126 e. The molecular weight excluding hydrogens is 534 g/mol. The van der Waals surface area contributed by atoms with Crippen molar-refractivity contribution in [3.8, 4) is 23.0 Å². The number of aliphatic hydroxyl groups is 1. The second-order valence-corrected chi connectivity index (χ2v) is 10.7. The lowest BCUT2D eigenvalue weighted by atomic mass is 9.94. The molecule has 0 saturated heterocycles. The standard InChI is InChI=1S/C27H25ClF2N4O3S/c1-27(2,35)9-8-18-4-5-19(25(32-18)22(31)12-15-10-16(29)13-17(30)11-15)20-6-7-21(28)24-23(14-38(36)37)33-34(3)26(20)24/h4-7,10-11,13,22,35H,12,14,31H2,1-3H3,(H,36,37)/p-1/t22-/m0/s1. The third kappa shape index (κ3) is 6.26. The van der Waals surface area contributed by atoms with Crippen LogP contribution >= 0.6 is 11.6 Å². The molecule has 4 rings (SSSR count). The number of nitrogens with two attached hydrogens (primary N) is 1. The number of hydrogen-bond donors (Lipinski definition) is 2. The maximum atomic E-state index is 13.8. The quantitative estimate of drug-likeness (QED) is 0.269. The molecule has 38 heavy (non-hydrogen) atoms. The Balaban J connectivity index is 1.91. The molecule has 2 heterocycles. The van der Waals surface area contributed by atoms with Gasteiger partial charge in [0.05, 0.1) is 33.7 Å². The van der Waals surface area contributed by atoms with Gasteiger partial charge in [-0.3, -0.25) is 8.89 Å². The summed E-state index contributed by atoms with van der Waals surface area (Å²) in [6.45, 7) is 3.08. The first-order valence-electron chi connectivity index (χ1n) is 11.5. The van der Waals surface area contributed by atoms with Crippen LogP contribution in [0.25, 0.3) is 22.0 Å². The highest BCUT2D eigenvalue weighted by molar-refractivity contribution is 7.78. The Morgan fingerprint density at radius 2 is 1.84 bits per heavy atom. The number of pyridine rings is 1. The van der Waals surface area contributed by atoms with Crippen LogP contribution in [-0.2, 0) is 30.3 Å². The average Bonchev–Trinajstić information content (AvgIpc) is 3.13. The van der Waals surface area contributed by atoms with E-state index in [-0.39, 0.29) is 12.2 Å². The van der Waals surface area contributed by atoms with Crippen molar-refractivity contribution in [1.82, 2.24) is 14.8 Å². The lowest BCUT2D eigenvalue weighted by molar-refractivity contribution is 0.143. The number of aryl methyl sites for hydroxylation is 1. The number of aromatic nitrogens is 3. The second kappa shape index (κ2) is 10.9. The molecule has 4 aromatic rings. The minimum Gasteiger partial charge on any atom is -0.772 e. The van der Waals surface area contributed by atoms with Gasteiger partial charge in [-0.2, -0.15) is 5.10 Å². The summed E-state index contributed by atoms with van der Waals surface area (Å²) >= 11 is 4.08. The van der Waals surface area contributed by atoms with Crippen molar-refractivity contribution >= 4 is 33.6 Å². The van der Waals surface area contributed by atoms with Gasteiger partial charge in [-0.05, 0) is 73.2 Å². The van der Waals surface area contributed by atoms with Crippen molar-refractivity contribution in [1.29, 1.82) is 0 Å². The van der Waals surface area contributed by atoms with E-state index in [0.717, 1.165) is 6.07 Å². The van der Waals surface area contributed by atoms with E-state index in [4.69, 9.17) is 17.3 Å². The zero-order valence-corrected chi connectivity index (χ0v) is 22.3. The van der Waals surface area contributed by atoms with E-state index in [9.17, 15) is 22.6 Å². The zero-order chi connectivity index (χ0) is 27.8. The molecule has 11 heteroatoms. The SMILES string of the molecule is Cn1nc(CS(=O)[O-])c2c(Cl)ccc(-c3ccc(C#CC(C)(C)O)nc3[C@@H](N)Cc3cc(F)cc(F)c3)c21. The number of hydrogen-bond acceptors (Lipinski definition) is 6. The van der Waals surface area contributed by atoms with Crippen LogP contribution in [0.5, 0.6) is 0 Å². The van der Waals surface area contributed by atoms with Crippen LogP contribution < -0.4 is 5.73 Å². The minimum absolute atomic E-state index is 0.0690. The minimum atomic E-state index is -2.38. The van der Waals surface area contributed by atoms with Crippen LogP contribution in [0.4, 0.5) is 8.78 Å². The number of benzene rings is 2. The Morgan fingerprint density at radius 1 is 1.18 bits per heavy atom. The molecule has 0 fully saturated rings. The van der Waals surface area contributed by atoms with Gasteiger partial charge >= 0.3 is 0 Å². The van der Waals surface area contributed by atoms with Gasteiger partial charge in [0, 0.05) is 29.6 Å². The van der Waals surface area contributed by atoms with Gasteiger partial charge in [-0.15, -0.1) is 0 Å². The topological polar surface area (TPSA) is 117 Å². The smallest absolute Gasteiger partial charge is 0.126 e. The van der Waals surface area contributed by atoms with E-state index in [1.54, 1.807) is 45.2 Å². The average molecular weight is 558 g/mol. The van der Waals surface area contributed by atoms with Crippen LogP contribution in [0, 0.1) is 23.5 Å². The van der Waals surface area contributed by atoms with E-state index in [1.165, 1.54) is 16.8 Å². The highest BCUT2D eigenvalue weighted by Gasteiger charge is 2.22. The number of fused-ring (bicyclic) bond motifs is 1. The predicted octanol–water partition coefficient (Wildman–Crippen LogP) is 4.31. The van der Waals surface area contributed by atoms with E-state index in [1.807, 2.05) is 0 Å². The first-order chi connectivity index (χ1) is 17.8. The summed E-state index contributed by atoms with van der Waals surface area (Å²) in [6.07, 6.45) is 0.0690. The van der Waals surface area contributed by atoms with Crippen LogP contribution in [0.1, 0.15) is 42.5 Å². The molecule has 0 radical (unpaired) electrons. The monoisotopic (exact) mass is 557 g/mol. The van der Waals surface area contributed by atoms with Crippen molar-refractivity contribution in [2.24, 2.45) is 12.8 Å². The molecule has 2 atom stereocenters. The number of halogens is 3. The molecule has 0 aliphatic heterocycles. The molecule has 0 bridgehead atoms. The van der Waals surface area contributed by atoms with Crippen molar-refractivity contribution in [3.63, 3.8) is 0 Å². The van der Waals surface area contributed by atoms with Gasteiger partial charge in [-0.25, -0.2) is 13.8 Å². The Bertz CT molecular complexity index is 1600. The molecule has 0 amide bonds. The Hall–Kier alpha value is -3.20. The molecule has 0 aliphatic rings. The summed E-state index contributed by atoms with van der Waals surface area (Å²) in [7, 11) is 1.67. The zero-order valence-electron chi connectivity index (χ0n) is 20.8. The van der Waals surface area contributed by atoms with Crippen LogP contribution in [0.15, 0.2) is 42.5 Å². The van der Waals surface area contributed by atoms with Crippen LogP contribution in [0.3, 0.4) is 0 Å². The van der Waals surface area contributed by atoms with Gasteiger partial charge in [0.15, 0.2) is 0 Å². The molecule has 1 unspecified atom stereocenters. The van der Waals surface area contributed by atoms with Crippen molar-refractivity contribution in [2.75, 3.05) is 0 Å². The number of rotatable bonds is 6. The Morgan fingerprint density at radius 3 is 2.47 bits per heavy atom. The van der Waals surface area contributed by atoms with E-state index in [0.29, 0.717) is 49.7 Å². The van der Waals surface area contributed by atoms with Gasteiger partial charge in [0.25, 0.3) is 0 Å². The third-order valence-electron chi connectivity index (χ3n) is 5.71. The van der Waals surface area contributed by atoms with Gasteiger partial charge in [0.1, 0.15) is 22.9 Å². The highest BCUT2D eigenvalue weighted by Crippen LogP contribution is 2.38. The van der Waals surface area contributed by atoms with Crippen LogP contribution in [-0.4, -0.2) is 34.2 Å². The molecule has 0 aliphatic carbocycles. The second-order valence-electron chi connectivity index (χ2n) is 9.36. The molecule has 2 aromatic carbocycles. The van der Waals surface area contributed by atoms with Crippen molar-refractivity contribution < 1.29 is 22.6 Å². The molecule has 2 aromatic heterocycles. The molecular formula is C27H24ClF2N4O3S-. The third-order valence-corrected chi connectivity index (χ3v) is 6.53. The molecule has 198 valence electrons. The highest BCUT2D eigenvalue weighted by atomic mass is 35.5. The van der Waals surface area contributed by atoms with Gasteiger partial charge in [-0.1, -0.05) is 23.6 Å². The normalized spacial score (nSPS) is 13.3. The fourth-order valence-electron chi connectivity index (χ4n) is 4.24. The lowest BCUT2D eigenvalue weighted by Crippen LogP contribution is -2.17. The predicted molar refractivity (Wildman–Crippen MR) is 142 cm³/mol. The summed E-state index contributed by atoms with van der Waals surface area (Å²) in [6, 6.07) is 9.20. The summed E-state index contributed by atoms with van der Waals surface area (Å²) in [5, 5.41) is 15.2. The Kier molecular flexibility index (Phi) is 7.97. The van der Waals surface area contributed by atoms with Gasteiger partial charge in [0.2, 0.25) is 0 Å². The van der Waals surface area contributed by atoms with Crippen LogP contribution in [0.2, 0.25) is 5.02 Å². The molecule has 0 saturated carbocycles. The van der Waals surface area contributed by atoms with Crippen molar-refractivity contribution in [3.05, 3.63) is 81.8 Å². The molecule has 7 nitrogen and oxygen atoms in total. The summed E-state index contributed by atoms with van der Waals surface area (Å²) < 4.78 is 52.1. The molecule has 3 N–H and O–H groups in total. The Labute approximate surface area is 225 Å². The lowest BCUT2D eigenvalue weighted by Gasteiger charge is -2.18. The van der Waals surface area contributed by atoms with Gasteiger partial charge < -0.3 is 15.4 Å². The van der Waals surface area contributed by atoms with E-state index < -0.39 is 34.4 Å². The summed E-state index contributed by atoms with van der Waals surface area (Å²) in [5.41, 5.74) is 8.46. The maximum absolute atomic E-state index is 13.8. The van der Waals surface area contributed by atoms with Crippen molar-refractivity contribution in [2.45, 2.75) is 37.7 Å². The fourth-order valence-corrected chi connectivity index (χ4v) is 4.93. The summed E-state index contributed by atoms with van der Waals surface area (Å²) in [5.74, 6) is 3.78. The first-order valence-corrected chi connectivity index (χ1v) is 13.1. The summed E-state index contributed by atoms with van der Waals surface area (Å²) in [4.78, 5) is 4.65. The first kappa shape index (κ1) is 27.8. The molecule has 0 spiro atoms. The van der Waals surface area contributed by atoms with E-state index in [2.05, 4.69) is 21.9 Å².